The first-order chi connectivity index (χ1) is 13.8. The van der Waals surface area contributed by atoms with Crippen LogP contribution in [0.15, 0.2) is 85.2 Å². The van der Waals surface area contributed by atoms with E-state index < -0.39 is 0 Å². The van der Waals surface area contributed by atoms with Gasteiger partial charge in [0.2, 0.25) is 0 Å². The molecule has 2 heterocycles. The number of rotatable bonds is 5. The number of hydrogen-bond donors (Lipinski definition) is 1. The van der Waals surface area contributed by atoms with Gasteiger partial charge in [0.05, 0.1) is 6.04 Å². The van der Waals surface area contributed by atoms with Crippen LogP contribution in [0.1, 0.15) is 27.5 Å². The number of pyridine rings is 1. The lowest BCUT2D eigenvalue weighted by Crippen LogP contribution is -2.54. The van der Waals surface area contributed by atoms with Crippen molar-refractivity contribution in [2.75, 3.05) is 26.2 Å². The van der Waals surface area contributed by atoms with E-state index in [9.17, 15) is 4.79 Å². The molecule has 0 radical (unpaired) electrons. The third-order valence-corrected chi connectivity index (χ3v) is 5.11. The van der Waals surface area contributed by atoms with E-state index in [1.807, 2.05) is 5.01 Å². The number of hydrogen-bond acceptors (Lipinski definition) is 4. The molecular weight excluding hydrogens is 348 g/mol. The smallest absolute Gasteiger partial charge is 0.265 e. The molecule has 1 N–H and O–H groups in total. The second kappa shape index (κ2) is 8.78. The van der Waals surface area contributed by atoms with Gasteiger partial charge < -0.3 is 0 Å². The minimum atomic E-state index is -0.0847. The summed E-state index contributed by atoms with van der Waals surface area (Å²) in [5, 5.41) is 2.01. The topological polar surface area (TPSA) is 48.5 Å². The number of carbonyl (C=O) groups is 1. The molecule has 1 aliphatic heterocycles. The second-order valence-electron chi connectivity index (χ2n) is 6.92. The molecule has 5 nitrogen and oxygen atoms in total. The highest BCUT2D eigenvalue weighted by atomic mass is 16.2. The molecule has 3 aromatic rings. The van der Waals surface area contributed by atoms with Crippen LogP contribution < -0.4 is 5.43 Å². The monoisotopic (exact) mass is 372 g/mol. The van der Waals surface area contributed by atoms with Crippen LogP contribution in [0.3, 0.4) is 0 Å². The number of amides is 1. The van der Waals surface area contributed by atoms with Crippen molar-refractivity contribution in [2.45, 2.75) is 6.04 Å². The Hall–Kier alpha value is -3.02. The molecule has 0 unspecified atom stereocenters. The van der Waals surface area contributed by atoms with Gasteiger partial charge in [0.25, 0.3) is 5.91 Å². The van der Waals surface area contributed by atoms with Crippen LogP contribution in [0, 0.1) is 0 Å². The fourth-order valence-electron chi connectivity index (χ4n) is 3.69. The van der Waals surface area contributed by atoms with Crippen LogP contribution in [0.25, 0.3) is 0 Å². The molecule has 1 fully saturated rings. The van der Waals surface area contributed by atoms with Crippen molar-refractivity contribution in [3.8, 4) is 0 Å². The molecule has 5 heteroatoms. The zero-order chi connectivity index (χ0) is 19.2. The van der Waals surface area contributed by atoms with Gasteiger partial charge in [-0.25, -0.2) is 5.01 Å². The maximum Gasteiger partial charge on any atom is 0.265 e. The van der Waals surface area contributed by atoms with Crippen molar-refractivity contribution < 1.29 is 4.79 Å². The zero-order valence-electron chi connectivity index (χ0n) is 15.7. The first kappa shape index (κ1) is 18.3. The number of hydrazine groups is 1. The Kier molecular flexibility index (Phi) is 5.75. The Balaban J connectivity index is 1.44. The largest absolute Gasteiger partial charge is 0.290 e. The van der Waals surface area contributed by atoms with Gasteiger partial charge in [-0.3, -0.25) is 20.1 Å². The summed E-state index contributed by atoms with van der Waals surface area (Å²) in [4.78, 5) is 18.8. The Morgan fingerprint density at radius 1 is 0.786 bits per heavy atom. The molecule has 0 saturated carbocycles. The Bertz CT molecular complexity index is 839. The van der Waals surface area contributed by atoms with Crippen molar-refractivity contribution in [1.29, 1.82) is 0 Å². The summed E-state index contributed by atoms with van der Waals surface area (Å²) in [7, 11) is 0. The maximum absolute atomic E-state index is 12.4. The molecule has 1 aromatic heterocycles. The molecule has 0 aliphatic carbocycles. The molecule has 142 valence electrons. The molecule has 1 saturated heterocycles. The van der Waals surface area contributed by atoms with Gasteiger partial charge in [0, 0.05) is 44.1 Å². The number of nitrogens with zero attached hydrogens (tertiary/aromatic N) is 3. The minimum absolute atomic E-state index is 0.0847. The predicted molar refractivity (Wildman–Crippen MR) is 110 cm³/mol. The zero-order valence-corrected chi connectivity index (χ0v) is 15.7. The van der Waals surface area contributed by atoms with Crippen molar-refractivity contribution in [1.82, 2.24) is 20.3 Å². The summed E-state index contributed by atoms with van der Waals surface area (Å²) in [5.41, 5.74) is 6.23. The second-order valence-corrected chi connectivity index (χ2v) is 6.92. The highest BCUT2D eigenvalue weighted by Gasteiger charge is 2.27. The van der Waals surface area contributed by atoms with Gasteiger partial charge in [-0.05, 0) is 23.3 Å². The van der Waals surface area contributed by atoms with Crippen molar-refractivity contribution in [2.24, 2.45) is 0 Å². The summed E-state index contributed by atoms with van der Waals surface area (Å²) in [5.74, 6) is -0.0847. The third kappa shape index (κ3) is 4.27. The Morgan fingerprint density at radius 3 is 1.86 bits per heavy atom. The van der Waals surface area contributed by atoms with E-state index in [0.29, 0.717) is 5.56 Å². The molecule has 4 rings (SSSR count). The third-order valence-electron chi connectivity index (χ3n) is 5.11. The van der Waals surface area contributed by atoms with Crippen molar-refractivity contribution in [3.05, 3.63) is 102 Å². The van der Waals surface area contributed by atoms with Gasteiger partial charge in [0.15, 0.2) is 0 Å². The van der Waals surface area contributed by atoms with E-state index in [1.165, 1.54) is 11.1 Å². The predicted octanol–water partition coefficient (Wildman–Crippen LogP) is 3.13. The van der Waals surface area contributed by atoms with Crippen LogP contribution in [0.2, 0.25) is 0 Å². The lowest BCUT2D eigenvalue weighted by atomic mass is 9.96. The van der Waals surface area contributed by atoms with Crippen LogP contribution in [0.4, 0.5) is 0 Å². The van der Waals surface area contributed by atoms with Crippen LogP contribution in [-0.4, -0.2) is 47.0 Å². The standard InChI is InChI=1S/C23H24N4O/c28-23(21-11-13-24-14-12-21)25-27-17-15-26(16-18-27)22(19-7-3-1-4-8-19)20-9-5-2-6-10-20/h1-14,22H,15-18H2,(H,25,28). The molecule has 0 bridgehead atoms. The number of piperazine rings is 1. The maximum atomic E-state index is 12.4. The number of nitrogens with one attached hydrogen (secondary N) is 1. The van der Waals surface area contributed by atoms with E-state index in [4.69, 9.17) is 0 Å². The SMILES string of the molecule is O=C(NN1CCN(C(c2ccccc2)c2ccccc2)CC1)c1ccncc1. The fraction of sp³-hybridized carbons (Fsp3) is 0.217. The molecule has 1 amide bonds. The van der Waals surface area contributed by atoms with E-state index >= 15 is 0 Å². The van der Waals surface area contributed by atoms with E-state index in [1.54, 1.807) is 24.5 Å². The lowest BCUT2D eigenvalue weighted by Gasteiger charge is -2.39. The summed E-state index contributed by atoms with van der Waals surface area (Å²) in [6, 6.07) is 24.9. The Labute approximate surface area is 165 Å². The molecule has 0 spiro atoms. The van der Waals surface area contributed by atoms with Crippen molar-refractivity contribution >= 4 is 5.91 Å². The van der Waals surface area contributed by atoms with Gasteiger partial charge in [0.1, 0.15) is 0 Å². The number of carbonyl (C=O) groups excluding carboxylic acids is 1. The summed E-state index contributed by atoms with van der Waals surface area (Å²) >= 11 is 0. The van der Waals surface area contributed by atoms with Crippen molar-refractivity contribution in [3.63, 3.8) is 0 Å². The van der Waals surface area contributed by atoms with Crippen LogP contribution >= 0.6 is 0 Å². The molecular formula is C23H24N4O. The van der Waals surface area contributed by atoms with Gasteiger partial charge in [-0.15, -0.1) is 0 Å². The van der Waals surface area contributed by atoms with E-state index in [2.05, 4.69) is 76.0 Å². The summed E-state index contributed by atoms with van der Waals surface area (Å²) < 4.78 is 0. The van der Waals surface area contributed by atoms with E-state index in [-0.39, 0.29) is 11.9 Å². The molecule has 1 aliphatic rings. The summed E-state index contributed by atoms with van der Waals surface area (Å²) in [6.07, 6.45) is 3.27. The number of benzene rings is 2. The average Bonchev–Trinajstić information content (AvgIpc) is 2.77. The van der Waals surface area contributed by atoms with Gasteiger partial charge >= 0.3 is 0 Å². The first-order valence-electron chi connectivity index (χ1n) is 9.61. The Morgan fingerprint density at radius 2 is 1.32 bits per heavy atom. The molecule has 28 heavy (non-hydrogen) atoms. The van der Waals surface area contributed by atoms with Gasteiger partial charge in [-0.2, -0.15) is 0 Å². The lowest BCUT2D eigenvalue weighted by molar-refractivity contribution is 0.0554. The number of aromatic nitrogens is 1. The first-order valence-corrected chi connectivity index (χ1v) is 9.61. The minimum Gasteiger partial charge on any atom is -0.290 e. The van der Waals surface area contributed by atoms with Gasteiger partial charge in [-0.1, -0.05) is 60.7 Å². The normalized spacial score (nSPS) is 15.5. The van der Waals surface area contributed by atoms with Crippen LogP contribution in [-0.2, 0) is 0 Å². The molecule has 0 atom stereocenters. The highest BCUT2D eigenvalue weighted by molar-refractivity contribution is 5.93. The van der Waals surface area contributed by atoms with Crippen LogP contribution in [0.5, 0.6) is 0 Å². The fourth-order valence-corrected chi connectivity index (χ4v) is 3.69. The molecule has 2 aromatic carbocycles. The highest BCUT2D eigenvalue weighted by Crippen LogP contribution is 2.29. The quantitative estimate of drug-likeness (QED) is 0.748. The average molecular weight is 372 g/mol. The van der Waals surface area contributed by atoms with E-state index in [0.717, 1.165) is 26.2 Å². The summed E-state index contributed by atoms with van der Waals surface area (Å²) in [6.45, 7) is 3.33.